The van der Waals surface area contributed by atoms with Gasteiger partial charge in [0, 0.05) is 5.92 Å². The maximum absolute atomic E-state index is 13.7. The number of halogens is 1. The van der Waals surface area contributed by atoms with Gasteiger partial charge in [-0.05, 0) is 30.9 Å². The molecule has 1 amide bonds. The van der Waals surface area contributed by atoms with Gasteiger partial charge in [-0.2, -0.15) is 0 Å². The molecule has 4 nitrogen and oxygen atoms in total. The van der Waals surface area contributed by atoms with E-state index in [1.165, 1.54) is 6.07 Å². The number of carboxylic acids is 1. The zero-order valence-corrected chi connectivity index (χ0v) is 12.8. The summed E-state index contributed by atoms with van der Waals surface area (Å²) in [5, 5.41) is 12.0. The average Bonchev–Trinajstić information content (AvgIpc) is 2.88. The Morgan fingerprint density at radius 3 is 2.55 bits per heavy atom. The van der Waals surface area contributed by atoms with Gasteiger partial charge in [-0.3, -0.25) is 9.59 Å². The molecule has 120 valence electrons. The molecular weight excluding hydrogens is 285 g/mol. The smallest absolute Gasteiger partial charge is 0.305 e. The lowest BCUT2D eigenvalue weighted by Gasteiger charge is -2.30. The third-order valence-electron chi connectivity index (χ3n) is 4.37. The lowest BCUT2D eigenvalue weighted by atomic mass is 9.91. The van der Waals surface area contributed by atoms with Crippen LogP contribution in [0, 0.1) is 11.7 Å². The summed E-state index contributed by atoms with van der Waals surface area (Å²) in [5.74, 6) is -1.82. The zero-order valence-electron chi connectivity index (χ0n) is 12.8. The maximum atomic E-state index is 13.7. The molecular formula is C17H22FNO3. The SMILES string of the molecule is CC(Cc1ccccc1F)C(=O)NC1(CC(=O)O)CCCC1. The van der Waals surface area contributed by atoms with Crippen LogP contribution in [0.15, 0.2) is 24.3 Å². The predicted molar refractivity (Wildman–Crippen MR) is 80.9 cm³/mol. The molecule has 1 atom stereocenters. The number of carbonyl (C=O) groups excluding carboxylic acids is 1. The van der Waals surface area contributed by atoms with Crippen LogP contribution in [-0.2, 0) is 16.0 Å². The lowest BCUT2D eigenvalue weighted by molar-refractivity contribution is -0.139. The number of rotatable bonds is 6. The maximum Gasteiger partial charge on any atom is 0.305 e. The summed E-state index contributed by atoms with van der Waals surface area (Å²) in [5.41, 5.74) is -0.129. The van der Waals surface area contributed by atoms with Crippen LogP contribution >= 0.6 is 0 Å². The van der Waals surface area contributed by atoms with Gasteiger partial charge in [-0.1, -0.05) is 38.0 Å². The van der Waals surface area contributed by atoms with Crippen molar-refractivity contribution in [3.05, 3.63) is 35.6 Å². The van der Waals surface area contributed by atoms with Gasteiger partial charge in [0.05, 0.1) is 12.0 Å². The molecule has 1 aromatic rings. The highest BCUT2D eigenvalue weighted by molar-refractivity contribution is 5.80. The van der Waals surface area contributed by atoms with Crippen LogP contribution in [0.2, 0.25) is 0 Å². The molecule has 0 spiro atoms. The number of hydrogen-bond acceptors (Lipinski definition) is 2. The van der Waals surface area contributed by atoms with Gasteiger partial charge in [0.15, 0.2) is 0 Å². The summed E-state index contributed by atoms with van der Waals surface area (Å²) < 4.78 is 13.7. The van der Waals surface area contributed by atoms with Crippen molar-refractivity contribution in [2.24, 2.45) is 5.92 Å². The summed E-state index contributed by atoms with van der Waals surface area (Å²) in [6.45, 7) is 1.74. The van der Waals surface area contributed by atoms with E-state index in [2.05, 4.69) is 5.32 Å². The molecule has 5 heteroatoms. The van der Waals surface area contributed by atoms with Gasteiger partial charge in [-0.25, -0.2) is 4.39 Å². The molecule has 0 radical (unpaired) electrons. The van der Waals surface area contributed by atoms with Gasteiger partial charge in [0.1, 0.15) is 5.82 Å². The van der Waals surface area contributed by atoms with E-state index in [1.807, 2.05) is 0 Å². The molecule has 1 unspecified atom stereocenters. The first-order chi connectivity index (χ1) is 10.4. The quantitative estimate of drug-likeness (QED) is 0.849. The Hall–Kier alpha value is -1.91. The second kappa shape index (κ2) is 6.90. The minimum atomic E-state index is -0.899. The van der Waals surface area contributed by atoms with E-state index in [0.29, 0.717) is 24.8 Å². The summed E-state index contributed by atoms with van der Waals surface area (Å²) in [4.78, 5) is 23.4. The number of hydrogen-bond donors (Lipinski definition) is 2. The van der Waals surface area contributed by atoms with Crippen molar-refractivity contribution in [1.82, 2.24) is 5.32 Å². The first-order valence-corrected chi connectivity index (χ1v) is 7.69. The van der Waals surface area contributed by atoms with Crippen molar-refractivity contribution in [2.75, 3.05) is 0 Å². The molecule has 1 fully saturated rings. The Morgan fingerprint density at radius 1 is 1.32 bits per heavy atom. The van der Waals surface area contributed by atoms with Gasteiger partial charge < -0.3 is 10.4 Å². The van der Waals surface area contributed by atoms with Crippen LogP contribution in [0.1, 0.15) is 44.6 Å². The van der Waals surface area contributed by atoms with Gasteiger partial charge in [-0.15, -0.1) is 0 Å². The van der Waals surface area contributed by atoms with E-state index >= 15 is 0 Å². The summed E-state index contributed by atoms with van der Waals surface area (Å²) in [7, 11) is 0. The van der Waals surface area contributed by atoms with Gasteiger partial charge >= 0.3 is 5.97 Å². The Balaban J connectivity index is 2.01. The largest absolute Gasteiger partial charge is 0.481 e. The normalized spacial score (nSPS) is 17.9. The topological polar surface area (TPSA) is 66.4 Å². The van der Waals surface area contributed by atoms with Crippen LogP contribution in [0.5, 0.6) is 0 Å². The Labute approximate surface area is 129 Å². The van der Waals surface area contributed by atoms with Crippen molar-refractivity contribution in [3.63, 3.8) is 0 Å². The zero-order chi connectivity index (χ0) is 16.2. The van der Waals surface area contributed by atoms with E-state index < -0.39 is 17.4 Å². The Bertz CT molecular complexity index is 553. The molecule has 0 aliphatic heterocycles. The first kappa shape index (κ1) is 16.5. The van der Waals surface area contributed by atoms with Crippen LogP contribution in [0.4, 0.5) is 4.39 Å². The number of benzene rings is 1. The third-order valence-corrected chi connectivity index (χ3v) is 4.37. The molecule has 0 aromatic heterocycles. The molecule has 0 bridgehead atoms. The molecule has 22 heavy (non-hydrogen) atoms. The van der Waals surface area contributed by atoms with E-state index in [-0.39, 0.29) is 18.1 Å². The molecule has 1 aliphatic rings. The fourth-order valence-electron chi connectivity index (χ4n) is 3.16. The van der Waals surface area contributed by atoms with Gasteiger partial charge in [0.25, 0.3) is 0 Å². The lowest BCUT2D eigenvalue weighted by Crippen LogP contribution is -2.49. The van der Waals surface area contributed by atoms with Crippen LogP contribution in [0.3, 0.4) is 0 Å². The van der Waals surface area contributed by atoms with Crippen LogP contribution < -0.4 is 5.32 Å². The third kappa shape index (κ3) is 4.06. The van der Waals surface area contributed by atoms with Crippen LogP contribution in [-0.4, -0.2) is 22.5 Å². The van der Waals surface area contributed by atoms with E-state index in [4.69, 9.17) is 5.11 Å². The molecule has 1 aromatic carbocycles. The Morgan fingerprint density at radius 2 is 1.95 bits per heavy atom. The van der Waals surface area contributed by atoms with Crippen molar-refractivity contribution in [3.8, 4) is 0 Å². The van der Waals surface area contributed by atoms with E-state index in [9.17, 15) is 14.0 Å². The fourth-order valence-corrected chi connectivity index (χ4v) is 3.16. The summed E-state index contributed by atoms with van der Waals surface area (Å²) >= 11 is 0. The summed E-state index contributed by atoms with van der Waals surface area (Å²) in [6, 6.07) is 6.40. The highest BCUT2D eigenvalue weighted by atomic mass is 19.1. The number of amides is 1. The van der Waals surface area contributed by atoms with Crippen molar-refractivity contribution in [1.29, 1.82) is 0 Å². The predicted octanol–water partition coefficient (Wildman–Crippen LogP) is 2.91. The van der Waals surface area contributed by atoms with E-state index in [1.54, 1.807) is 25.1 Å². The molecule has 1 saturated carbocycles. The number of carbonyl (C=O) groups is 2. The minimum Gasteiger partial charge on any atom is -0.481 e. The van der Waals surface area contributed by atoms with Crippen LogP contribution in [0.25, 0.3) is 0 Å². The number of nitrogens with one attached hydrogen (secondary N) is 1. The average molecular weight is 307 g/mol. The molecule has 1 aliphatic carbocycles. The number of carboxylic acid groups (broad SMARTS) is 1. The van der Waals surface area contributed by atoms with E-state index in [0.717, 1.165) is 12.8 Å². The van der Waals surface area contributed by atoms with Gasteiger partial charge in [0.2, 0.25) is 5.91 Å². The molecule has 0 saturated heterocycles. The molecule has 0 heterocycles. The molecule has 2 N–H and O–H groups in total. The Kier molecular flexibility index (Phi) is 5.16. The fraction of sp³-hybridized carbons (Fsp3) is 0.529. The highest BCUT2D eigenvalue weighted by Gasteiger charge is 2.38. The summed E-state index contributed by atoms with van der Waals surface area (Å²) in [6.07, 6.45) is 3.49. The monoisotopic (exact) mass is 307 g/mol. The van der Waals surface area contributed by atoms with Crippen molar-refractivity contribution in [2.45, 2.75) is 51.0 Å². The highest BCUT2D eigenvalue weighted by Crippen LogP contribution is 2.33. The minimum absolute atomic E-state index is 0.0504. The second-order valence-electron chi connectivity index (χ2n) is 6.24. The number of aliphatic carboxylic acids is 1. The standard InChI is InChI=1S/C17H22FNO3/c1-12(10-13-6-2-3-7-14(13)18)16(22)19-17(11-15(20)21)8-4-5-9-17/h2-3,6-7,12H,4-5,8-11H2,1H3,(H,19,22)(H,20,21). The molecule has 2 rings (SSSR count). The van der Waals surface area contributed by atoms with Crippen molar-refractivity contribution >= 4 is 11.9 Å². The first-order valence-electron chi connectivity index (χ1n) is 7.69. The van der Waals surface area contributed by atoms with Crippen molar-refractivity contribution < 1.29 is 19.1 Å². The second-order valence-corrected chi connectivity index (χ2v) is 6.24.